The number of nitrogens with one attached hydrogen (secondary N) is 1. The van der Waals surface area contributed by atoms with Crippen molar-refractivity contribution in [2.75, 3.05) is 36.8 Å². The largest absolute Gasteiger partial charge is 0.491 e. The maximum absolute atomic E-state index is 12.3. The fraction of sp³-hybridized carbons (Fsp3) is 0.650. The summed E-state index contributed by atoms with van der Waals surface area (Å²) in [6, 6.07) is 4.00. The lowest BCUT2D eigenvalue weighted by Gasteiger charge is -2.34. The number of anilines is 1. The Balaban J connectivity index is 1.88. The quantitative estimate of drug-likeness (QED) is 0.598. The van der Waals surface area contributed by atoms with Crippen molar-refractivity contribution >= 4 is 22.0 Å². The van der Waals surface area contributed by atoms with E-state index in [1.165, 1.54) is 6.42 Å². The molecule has 28 heavy (non-hydrogen) atoms. The van der Waals surface area contributed by atoms with Crippen molar-refractivity contribution in [3.05, 3.63) is 17.7 Å². The summed E-state index contributed by atoms with van der Waals surface area (Å²) in [4.78, 5) is 6.51. The van der Waals surface area contributed by atoms with Crippen molar-refractivity contribution < 1.29 is 17.9 Å². The first kappa shape index (κ1) is 20.8. The Morgan fingerprint density at radius 1 is 1.29 bits per heavy atom. The van der Waals surface area contributed by atoms with Gasteiger partial charge in [0, 0.05) is 18.5 Å². The second-order valence-electron chi connectivity index (χ2n) is 7.18. The van der Waals surface area contributed by atoms with Gasteiger partial charge >= 0.3 is 0 Å². The third-order valence-electron chi connectivity index (χ3n) is 5.16. The van der Waals surface area contributed by atoms with Crippen molar-refractivity contribution in [1.29, 1.82) is 0 Å². The van der Waals surface area contributed by atoms with Crippen LogP contribution in [0.3, 0.4) is 0 Å². The first-order chi connectivity index (χ1) is 13.6. The Labute approximate surface area is 168 Å². The molecule has 0 radical (unpaired) electrons. The molecule has 1 N–H and O–H groups in total. The van der Waals surface area contributed by atoms with E-state index in [-0.39, 0.29) is 11.8 Å². The van der Waals surface area contributed by atoms with Crippen molar-refractivity contribution in [1.82, 2.24) is 4.90 Å². The van der Waals surface area contributed by atoms with Crippen LogP contribution >= 0.6 is 0 Å². The summed E-state index contributed by atoms with van der Waals surface area (Å²) in [5.74, 6) is 1.11. The summed E-state index contributed by atoms with van der Waals surface area (Å²) in [5.41, 5.74) is 1.41. The van der Waals surface area contributed by atoms with Crippen LogP contribution in [0, 0.1) is 0 Å². The number of ether oxygens (including phenoxy) is 2. The Hall–Kier alpha value is -1.96. The van der Waals surface area contributed by atoms with Gasteiger partial charge in [0.25, 0.3) is 0 Å². The summed E-state index contributed by atoms with van der Waals surface area (Å²) in [5, 5.41) is 0. The number of nitrogens with zero attached hydrogens (tertiary/aromatic N) is 2. The molecule has 0 amide bonds. The second-order valence-corrected chi connectivity index (χ2v) is 9.20. The number of fused-ring (bicyclic) bond motifs is 1. The molecule has 0 saturated carbocycles. The number of rotatable bonds is 10. The molecule has 0 aromatic heterocycles. The van der Waals surface area contributed by atoms with Crippen LogP contribution in [0.4, 0.5) is 5.69 Å². The molecule has 0 fully saturated rings. The van der Waals surface area contributed by atoms with E-state index in [1.807, 2.05) is 18.5 Å². The van der Waals surface area contributed by atoms with Crippen LogP contribution in [0.1, 0.15) is 57.6 Å². The van der Waals surface area contributed by atoms with Gasteiger partial charge in [-0.2, -0.15) is 0 Å². The second kappa shape index (κ2) is 9.49. The highest BCUT2D eigenvalue weighted by Crippen LogP contribution is 2.45. The van der Waals surface area contributed by atoms with E-state index in [0.717, 1.165) is 44.3 Å². The first-order valence-electron chi connectivity index (χ1n) is 10.2. The zero-order valence-electron chi connectivity index (χ0n) is 16.8. The molecule has 0 aliphatic carbocycles. The minimum atomic E-state index is -3.45. The number of benzene rings is 1. The van der Waals surface area contributed by atoms with Gasteiger partial charge in [0.15, 0.2) is 5.75 Å². The maximum Gasteiger partial charge on any atom is 0.232 e. The minimum Gasteiger partial charge on any atom is -0.491 e. The predicted molar refractivity (Wildman–Crippen MR) is 112 cm³/mol. The monoisotopic (exact) mass is 409 g/mol. The topological polar surface area (TPSA) is 80.2 Å². The van der Waals surface area contributed by atoms with Gasteiger partial charge in [0.2, 0.25) is 10.0 Å². The fourth-order valence-corrected chi connectivity index (χ4v) is 4.21. The van der Waals surface area contributed by atoms with Crippen molar-refractivity contribution in [3.8, 4) is 11.5 Å². The smallest absolute Gasteiger partial charge is 0.232 e. The van der Waals surface area contributed by atoms with Gasteiger partial charge < -0.3 is 14.4 Å². The van der Waals surface area contributed by atoms with Gasteiger partial charge in [-0.1, -0.05) is 26.2 Å². The number of hydrogen-bond acceptors (Lipinski definition) is 6. The van der Waals surface area contributed by atoms with Gasteiger partial charge in [0.05, 0.1) is 37.9 Å². The SMILES string of the molecule is CCCCCCOc1ccc2c(c1NS(=O)(=O)CC)OCCC2N1C=NCC1. The lowest BCUT2D eigenvalue weighted by molar-refractivity contribution is 0.209. The molecule has 1 aromatic rings. The highest BCUT2D eigenvalue weighted by Gasteiger charge is 2.31. The molecular formula is C20H31N3O4S. The normalized spacial score (nSPS) is 18.6. The van der Waals surface area contributed by atoms with Crippen LogP contribution in [0.25, 0.3) is 0 Å². The molecule has 2 aliphatic rings. The summed E-state index contributed by atoms with van der Waals surface area (Å²) in [6.45, 7) is 6.54. The molecule has 2 aliphatic heterocycles. The lowest BCUT2D eigenvalue weighted by Crippen LogP contribution is -2.31. The number of sulfonamides is 1. The summed E-state index contributed by atoms with van der Waals surface area (Å²) in [6.07, 6.45) is 7.10. The zero-order valence-corrected chi connectivity index (χ0v) is 17.6. The van der Waals surface area contributed by atoms with Gasteiger partial charge in [-0.25, -0.2) is 8.42 Å². The summed E-state index contributed by atoms with van der Waals surface area (Å²) >= 11 is 0. The Kier molecular flexibility index (Phi) is 7.04. The molecule has 0 bridgehead atoms. The first-order valence-corrected chi connectivity index (χ1v) is 11.9. The van der Waals surface area contributed by atoms with E-state index in [0.29, 0.717) is 30.4 Å². The molecule has 1 atom stereocenters. The minimum absolute atomic E-state index is 0.00514. The van der Waals surface area contributed by atoms with Crippen LogP contribution < -0.4 is 14.2 Å². The molecule has 1 aromatic carbocycles. The molecule has 8 heteroatoms. The van der Waals surface area contributed by atoms with Crippen LogP contribution in [0.15, 0.2) is 17.1 Å². The van der Waals surface area contributed by atoms with Gasteiger partial charge in [-0.15, -0.1) is 0 Å². The van der Waals surface area contributed by atoms with Crippen molar-refractivity contribution in [2.24, 2.45) is 4.99 Å². The van der Waals surface area contributed by atoms with Crippen molar-refractivity contribution in [2.45, 2.75) is 52.0 Å². The lowest BCUT2D eigenvalue weighted by atomic mass is 9.98. The van der Waals surface area contributed by atoms with Crippen LogP contribution in [0.2, 0.25) is 0 Å². The molecule has 0 spiro atoms. The van der Waals surface area contributed by atoms with E-state index in [9.17, 15) is 8.42 Å². The van der Waals surface area contributed by atoms with Crippen LogP contribution in [-0.2, 0) is 10.0 Å². The molecule has 2 heterocycles. The third-order valence-corrected chi connectivity index (χ3v) is 6.43. The van der Waals surface area contributed by atoms with Crippen LogP contribution in [-0.4, -0.2) is 51.7 Å². The number of aliphatic imine (C=N–C) groups is 1. The average molecular weight is 410 g/mol. The van der Waals surface area contributed by atoms with Gasteiger partial charge in [0.1, 0.15) is 11.4 Å². The Bertz CT molecular complexity index is 795. The Morgan fingerprint density at radius 3 is 2.86 bits per heavy atom. The van der Waals surface area contributed by atoms with E-state index in [4.69, 9.17) is 9.47 Å². The standard InChI is InChI=1S/C20H31N3O4S/c1-3-5-6-7-13-26-18-9-8-16-17(23-12-11-21-15-23)10-14-27-20(16)19(18)22-28(24,25)4-2/h8-9,15,17,22H,3-7,10-14H2,1-2H3. The maximum atomic E-state index is 12.3. The van der Waals surface area contributed by atoms with Gasteiger partial charge in [-0.05, 0) is 25.5 Å². The van der Waals surface area contributed by atoms with Crippen LogP contribution in [0.5, 0.6) is 11.5 Å². The van der Waals surface area contributed by atoms with E-state index in [1.54, 1.807) is 6.92 Å². The number of unbranched alkanes of at least 4 members (excludes halogenated alkanes) is 3. The highest BCUT2D eigenvalue weighted by molar-refractivity contribution is 7.92. The predicted octanol–water partition coefficient (Wildman–Crippen LogP) is 3.57. The third kappa shape index (κ3) is 4.90. The molecule has 156 valence electrons. The zero-order chi connectivity index (χ0) is 20.0. The highest BCUT2D eigenvalue weighted by atomic mass is 32.2. The van der Waals surface area contributed by atoms with Gasteiger partial charge in [-0.3, -0.25) is 9.71 Å². The molecule has 3 rings (SSSR count). The van der Waals surface area contributed by atoms with Crippen molar-refractivity contribution in [3.63, 3.8) is 0 Å². The average Bonchev–Trinajstić information content (AvgIpc) is 3.23. The number of hydrogen-bond donors (Lipinski definition) is 1. The summed E-state index contributed by atoms with van der Waals surface area (Å²) in [7, 11) is -3.45. The van der Waals surface area contributed by atoms with E-state index >= 15 is 0 Å². The summed E-state index contributed by atoms with van der Waals surface area (Å²) < 4.78 is 39.2. The molecular weight excluding hydrogens is 378 g/mol. The van der Waals surface area contributed by atoms with E-state index < -0.39 is 10.0 Å². The molecule has 0 saturated heterocycles. The van der Waals surface area contributed by atoms with E-state index in [2.05, 4.69) is 21.5 Å². The molecule has 1 unspecified atom stereocenters. The Morgan fingerprint density at radius 2 is 2.14 bits per heavy atom. The fourth-order valence-electron chi connectivity index (χ4n) is 3.56. The molecule has 7 nitrogen and oxygen atoms in total.